The maximum atomic E-state index is 10.7. The number of carboxylic acid groups (broad SMARTS) is 2. The quantitative estimate of drug-likeness (QED) is 0.239. The Morgan fingerprint density at radius 3 is 1.86 bits per heavy atom. The van der Waals surface area contributed by atoms with Gasteiger partial charge >= 0.3 is 17.7 Å². The van der Waals surface area contributed by atoms with Crippen LogP contribution in [0.15, 0.2) is 0 Å². The highest BCUT2D eigenvalue weighted by molar-refractivity contribution is 6.06. The minimum Gasteiger partial charge on any atom is -0.481 e. The fourth-order valence-electron chi connectivity index (χ4n) is 0.596. The predicted molar refractivity (Wildman–Crippen MR) is 38.1 cm³/mol. The van der Waals surface area contributed by atoms with Gasteiger partial charge in [0.25, 0.3) is 0 Å². The predicted octanol–water partition coefficient (Wildman–Crippen LogP) is -2.84. The Bertz CT molecular complexity index is 267. The monoisotopic (exact) mass is 208 g/mol. The molecular formula is C6H8O8. The number of ketones is 1. The molecule has 0 saturated heterocycles. The van der Waals surface area contributed by atoms with Crippen LogP contribution >= 0.6 is 0 Å². The summed E-state index contributed by atoms with van der Waals surface area (Å²) >= 11 is 0. The van der Waals surface area contributed by atoms with Crippen LogP contribution in [-0.4, -0.2) is 55.1 Å². The molecule has 0 fully saturated rings. The smallest absolute Gasteiger partial charge is 0.372 e. The van der Waals surface area contributed by atoms with Crippen LogP contribution in [0.1, 0.15) is 6.42 Å². The third kappa shape index (κ3) is 2.76. The van der Waals surface area contributed by atoms with Crippen molar-refractivity contribution in [3.8, 4) is 0 Å². The fourth-order valence-corrected chi connectivity index (χ4v) is 0.596. The Kier molecular flexibility index (Phi) is 3.69. The van der Waals surface area contributed by atoms with Gasteiger partial charge in [0.2, 0.25) is 5.78 Å². The molecule has 0 aliphatic rings. The fraction of sp³-hybridized carbons (Fsp3) is 0.500. The van der Waals surface area contributed by atoms with E-state index in [1.165, 1.54) is 0 Å². The van der Waals surface area contributed by atoms with E-state index in [4.69, 9.17) is 25.5 Å². The van der Waals surface area contributed by atoms with Crippen LogP contribution in [0.3, 0.4) is 0 Å². The molecule has 0 heterocycles. The van der Waals surface area contributed by atoms with E-state index < -0.39 is 36.0 Å². The van der Waals surface area contributed by atoms with Crippen molar-refractivity contribution in [2.24, 2.45) is 0 Å². The molecule has 8 nitrogen and oxygen atoms in total. The van der Waals surface area contributed by atoms with Crippen molar-refractivity contribution in [2.75, 3.05) is 0 Å². The first-order chi connectivity index (χ1) is 6.19. The van der Waals surface area contributed by atoms with E-state index in [0.717, 1.165) is 0 Å². The number of hydrogen-bond donors (Lipinski definition) is 5. The zero-order valence-corrected chi connectivity index (χ0v) is 6.75. The van der Waals surface area contributed by atoms with E-state index >= 15 is 0 Å². The SMILES string of the molecule is O=C(O)CC(O)C(=O)C(O)(O)C(=O)O. The molecule has 0 radical (unpaired) electrons. The Morgan fingerprint density at radius 2 is 1.57 bits per heavy atom. The largest absolute Gasteiger partial charge is 0.481 e. The van der Waals surface area contributed by atoms with Crippen molar-refractivity contribution in [1.82, 2.24) is 0 Å². The van der Waals surface area contributed by atoms with Crippen LogP contribution in [0.2, 0.25) is 0 Å². The minimum atomic E-state index is -3.77. The molecule has 14 heavy (non-hydrogen) atoms. The molecule has 0 spiro atoms. The lowest BCUT2D eigenvalue weighted by Gasteiger charge is -2.17. The van der Waals surface area contributed by atoms with E-state index in [-0.39, 0.29) is 0 Å². The second-order valence-corrected chi connectivity index (χ2v) is 2.46. The Balaban J connectivity index is 4.61. The Labute approximate surface area is 77.0 Å². The van der Waals surface area contributed by atoms with Gasteiger partial charge in [-0.25, -0.2) is 4.79 Å². The Morgan fingerprint density at radius 1 is 1.14 bits per heavy atom. The van der Waals surface area contributed by atoms with E-state index in [0.29, 0.717) is 0 Å². The number of aliphatic hydroxyl groups excluding tert-OH is 1. The van der Waals surface area contributed by atoms with Crippen molar-refractivity contribution in [3.05, 3.63) is 0 Å². The molecule has 5 N–H and O–H groups in total. The zero-order chi connectivity index (χ0) is 11.5. The highest BCUT2D eigenvalue weighted by Gasteiger charge is 2.45. The van der Waals surface area contributed by atoms with Crippen molar-refractivity contribution >= 4 is 17.7 Å². The molecule has 8 heteroatoms. The third-order valence-corrected chi connectivity index (χ3v) is 1.31. The number of rotatable bonds is 5. The van der Waals surface area contributed by atoms with Crippen LogP contribution in [0.25, 0.3) is 0 Å². The van der Waals surface area contributed by atoms with E-state index in [2.05, 4.69) is 0 Å². The number of Topliss-reactive ketones (excluding diaryl/α,β-unsaturated/α-hetero) is 1. The molecule has 0 rings (SSSR count). The lowest BCUT2D eigenvalue weighted by atomic mass is 10.0. The standard InChI is InChI=1S/C6H8O8/c7-2(1-3(8)9)4(10)6(13,14)5(11)12/h2,7,13-14H,1H2,(H,8,9)(H,11,12). The summed E-state index contributed by atoms with van der Waals surface area (Å²) in [5.74, 6) is -9.53. The molecule has 0 aromatic carbocycles. The Hall–Kier alpha value is -1.51. The molecule has 1 atom stereocenters. The summed E-state index contributed by atoms with van der Waals surface area (Å²) in [6.07, 6.45) is -3.38. The van der Waals surface area contributed by atoms with Crippen LogP contribution in [-0.2, 0) is 14.4 Å². The summed E-state index contributed by atoms with van der Waals surface area (Å²) in [4.78, 5) is 30.8. The topological polar surface area (TPSA) is 152 Å². The highest BCUT2D eigenvalue weighted by atomic mass is 16.5. The van der Waals surface area contributed by atoms with Crippen LogP contribution in [0.5, 0.6) is 0 Å². The molecule has 0 aliphatic carbocycles. The third-order valence-electron chi connectivity index (χ3n) is 1.31. The number of carbonyl (C=O) groups is 3. The van der Waals surface area contributed by atoms with Gasteiger partial charge in [0.15, 0.2) is 0 Å². The van der Waals surface area contributed by atoms with Gasteiger partial charge in [-0.3, -0.25) is 9.59 Å². The normalized spacial score (nSPS) is 13.4. The molecule has 0 aliphatic heterocycles. The first-order valence-corrected chi connectivity index (χ1v) is 3.32. The molecular weight excluding hydrogens is 200 g/mol. The first-order valence-electron chi connectivity index (χ1n) is 3.32. The molecule has 0 bridgehead atoms. The van der Waals surface area contributed by atoms with Gasteiger partial charge in [0.1, 0.15) is 6.10 Å². The van der Waals surface area contributed by atoms with Gasteiger partial charge in [-0.15, -0.1) is 0 Å². The number of carboxylic acids is 2. The number of carbonyl (C=O) groups excluding carboxylic acids is 1. The maximum Gasteiger partial charge on any atom is 0.372 e. The first kappa shape index (κ1) is 12.5. The van der Waals surface area contributed by atoms with Gasteiger partial charge in [-0.05, 0) is 0 Å². The maximum absolute atomic E-state index is 10.7. The van der Waals surface area contributed by atoms with E-state index in [1.807, 2.05) is 0 Å². The van der Waals surface area contributed by atoms with Gasteiger partial charge in [-0.1, -0.05) is 0 Å². The molecule has 0 saturated carbocycles. The molecule has 80 valence electrons. The van der Waals surface area contributed by atoms with Gasteiger partial charge < -0.3 is 25.5 Å². The van der Waals surface area contributed by atoms with Crippen molar-refractivity contribution in [1.29, 1.82) is 0 Å². The summed E-state index contributed by atoms with van der Waals surface area (Å²) in [5.41, 5.74) is 0. The zero-order valence-electron chi connectivity index (χ0n) is 6.75. The van der Waals surface area contributed by atoms with Gasteiger partial charge in [0, 0.05) is 0 Å². The van der Waals surface area contributed by atoms with E-state index in [1.54, 1.807) is 0 Å². The summed E-state index contributed by atoms with van der Waals surface area (Å²) in [5, 5.41) is 42.2. The second-order valence-electron chi connectivity index (χ2n) is 2.46. The number of aliphatic carboxylic acids is 2. The summed E-state index contributed by atoms with van der Waals surface area (Å²) in [6.45, 7) is 0. The van der Waals surface area contributed by atoms with Crippen molar-refractivity contribution in [3.63, 3.8) is 0 Å². The summed E-state index contributed by atoms with van der Waals surface area (Å²) < 4.78 is 0. The van der Waals surface area contributed by atoms with Crippen molar-refractivity contribution < 1.29 is 39.9 Å². The molecule has 0 aromatic rings. The average Bonchev–Trinajstić information content (AvgIpc) is 2.01. The molecule has 0 amide bonds. The average molecular weight is 208 g/mol. The van der Waals surface area contributed by atoms with E-state index in [9.17, 15) is 14.4 Å². The second kappa shape index (κ2) is 4.13. The molecule has 0 aromatic heterocycles. The minimum absolute atomic E-state index is 1.10. The summed E-state index contributed by atoms with van der Waals surface area (Å²) in [7, 11) is 0. The highest BCUT2D eigenvalue weighted by Crippen LogP contribution is 2.07. The van der Waals surface area contributed by atoms with Crippen LogP contribution in [0.4, 0.5) is 0 Å². The van der Waals surface area contributed by atoms with Crippen LogP contribution in [0, 0.1) is 0 Å². The lowest BCUT2D eigenvalue weighted by Crippen LogP contribution is -2.51. The van der Waals surface area contributed by atoms with Crippen molar-refractivity contribution in [2.45, 2.75) is 18.3 Å². The molecule has 1 unspecified atom stereocenters. The van der Waals surface area contributed by atoms with Gasteiger partial charge in [0.05, 0.1) is 6.42 Å². The number of hydrogen-bond acceptors (Lipinski definition) is 6. The number of aliphatic hydroxyl groups is 3. The summed E-state index contributed by atoms with van der Waals surface area (Å²) in [6, 6.07) is 0. The van der Waals surface area contributed by atoms with Crippen LogP contribution < -0.4 is 0 Å². The lowest BCUT2D eigenvalue weighted by molar-refractivity contribution is -0.208. The van der Waals surface area contributed by atoms with Gasteiger partial charge in [-0.2, -0.15) is 0 Å².